The van der Waals surface area contributed by atoms with Crippen LogP contribution in [0.2, 0.25) is 0 Å². The number of anilines is 1. The summed E-state index contributed by atoms with van der Waals surface area (Å²) in [5.41, 5.74) is 1.54. The van der Waals surface area contributed by atoms with Crippen LogP contribution in [0.15, 0.2) is 114 Å². The van der Waals surface area contributed by atoms with Crippen LogP contribution in [0.25, 0.3) is 0 Å². The Kier molecular flexibility index (Phi) is 9.93. The Morgan fingerprint density at radius 3 is 2.05 bits per heavy atom. The minimum absolute atomic E-state index is 0.0130. The van der Waals surface area contributed by atoms with Gasteiger partial charge >= 0.3 is 0 Å². The number of carbonyl (C=O) groups is 2. The average molecular weight is 590 g/mol. The molecule has 4 aromatic rings. The predicted molar refractivity (Wildman–Crippen MR) is 159 cm³/mol. The molecule has 0 saturated carbocycles. The van der Waals surface area contributed by atoms with Crippen molar-refractivity contribution in [2.75, 3.05) is 25.0 Å². The molecule has 0 bridgehead atoms. The number of rotatable bonds is 12. The summed E-state index contributed by atoms with van der Waals surface area (Å²) < 4.78 is 48.1. The van der Waals surface area contributed by atoms with E-state index in [2.05, 4.69) is 5.32 Å². The van der Waals surface area contributed by atoms with Crippen molar-refractivity contribution in [3.05, 3.63) is 126 Å². The van der Waals surface area contributed by atoms with Crippen molar-refractivity contribution in [1.82, 2.24) is 10.2 Å². The zero-order chi connectivity index (χ0) is 30.1. The number of para-hydroxylation sites is 2. The second kappa shape index (κ2) is 13.8. The van der Waals surface area contributed by atoms with Gasteiger partial charge in [-0.1, -0.05) is 72.8 Å². The van der Waals surface area contributed by atoms with E-state index >= 15 is 0 Å². The standard InChI is InChI=1S/C32H32FN3O5S/c1-34-32(38)29(21-24-11-5-3-6-12-24)35(22-25-17-19-26(33)20-18-25)31(37)23-36(28-15-9-10-16-30(28)41-2)42(39,40)27-13-7-4-8-14-27/h3-20,29H,21-23H2,1-2H3,(H,34,38)/t29-/m1/s1. The number of hydrogen-bond acceptors (Lipinski definition) is 5. The molecule has 0 saturated heterocycles. The number of sulfonamides is 1. The van der Waals surface area contributed by atoms with Gasteiger partial charge in [-0.3, -0.25) is 13.9 Å². The van der Waals surface area contributed by atoms with Crippen molar-refractivity contribution in [2.24, 2.45) is 0 Å². The summed E-state index contributed by atoms with van der Waals surface area (Å²) in [5, 5.41) is 2.63. The number of carbonyl (C=O) groups excluding carboxylic acids is 2. The molecule has 0 radical (unpaired) electrons. The highest BCUT2D eigenvalue weighted by Crippen LogP contribution is 2.32. The van der Waals surface area contributed by atoms with Gasteiger partial charge in [0.2, 0.25) is 11.8 Å². The zero-order valence-corrected chi connectivity index (χ0v) is 24.1. The molecule has 0 aliphatic heterocycles. The van der Waals surface area contributed by atoms with E-state index in [0.29, 0.717) is 5.56 Å². The van der Waals surface area contributed by atoms with E-state index in [1.807, 2.05) is 30.3 Å². The molecule has 0 fully saturated rings. The average Bonchev–Trinajstić information content (AvgIpc) is 3.02. The van der Waals surface area contributed by atoms with E-state index in [-0.39, 0.29) is 29.3 Å². The van der Waals surface area contributed by atoms with Crippen LogP contribution in [0.5, 0.6) is 5.75 Å². The fourth-order valence-electron chi connectivity index (χ4n) is 4.58. The Morgan fingerprint density at radius 1 is 0.833 bits per heavy atom. The number of amides is 2. The second-order valence-corrected chi connectivity index (χ2v) is 11.3. The van der Waals surface area contributed by atoms with Gasteiger partial charge in [0.25, 0.3) is 10.0 Å². The second-order valence-electron chi connectivity index (χ2n) is 9.46. The van der Waals surface area contributed by atoms with Gasteiger partial charge in [0.05, 0.1) is 17.7 Å². The first kappa shape index (κ1) is 30.3. The minimum atomic E-state index is -4.25. The van der Waals surface area contributed by atoms with Crippen LogP contribution < -0.4 is 14.4 Å². The Bertz CT molecular complexity index is 1600. The van der Waals surface area contributed by atoms with Gasteiger partial charge in [-0.25, -0.2) is 12.8 Å². The van der Waals surface area contributed by atoms with Crippen molar-refractivity contribution in [3.63, 3.8) is 0 Å². The third-order valence-electron chi connectivity index (χ3n) is 6.75. The quantitative estimate of drug-likeness (QED) is 0.264. The lowest BCUT2D eigenvalue weighted by molar-refractivity contribution is -0.139. The predicted octanol–water partition coefficient (Wildman–Crippen LogP) is 4.42. The summed E-state index contributed by atoms with van der Waals surface area (Å²) in [7, 11) is -1.36. The lowest BCUT2D eigenvalue weighted by Gasteiger charge is -2.33. The van der Waals surface area contributed by atoms with Gasteiger partial charge in [0.1, 0.15) is 24.2 Å². The SMILES string of the molecule is CNC(=O)[C@@H](Cc1ccccc1)N(Cc1ccc(F)cc1)C(=O)CN(c1ccccc1OC)S(=O)(=O)c1ccccc1. The summed E-state index contributed by atoms with van der Waals surface area (Å²) >= 11 is 0. The number of likely N-dealkylation sites (N-methyl/N-ethyl adjacent to an activating group) is 1. The Hall–Kier alpha value is -4.70. The van der Waals surface area contributed by atoms with Crippen molar-refractivity contribution in [2.45, 2.75) is 23.9 Å². The molecule has 2 amide bonds. The van der Waals surface area contributed by atoms with Crippen LogP contribution in [0.1, 0.15) is 11.1 Å². The van der Waals surface area contributed by atoms with E-state index in [0.717, 1.165) is 9.87 Å². The molecule has 8 nitrogen and oxygen atoms in total. The molecule has 0 aliphatic carbocycles. The Morgan fingerprint density at radius 2 is 1.43 bits per heavy atom. The van der Waals surface area contributed by atoms with Crippen molar-refractivity contribution >= 4 is 27.5 Å². The van der Waals surface area contributed by atoms with Crippen LogP contribution in [0.3, 0.4) is 0 Å². The van der Waals surface area contributed by atoms with E-state index < -0.39 is 40.2 Å². The maximum Gasteiger partial charge on any atom is 0.264 e. The third kappa shape index (κ3) is 7.13. The highest BCUT2D eigenvalue weighted by Gasteiger charge is 2.35. The van der Waals surface area contributed by atoms with Crippen LogP contribution in [-0.2, 0) is 32.6 Å². The number of nitrogens with zero attached hydrogens (tertiary/aromatic N) is 2. The normalized spacial score (nSPS) is 11.8. The number of nitrogens with one attached hydrogen (secondary N) is 1. The number of halogens is 1. The van der Waals surface area contributed by atoms with E-state index in [4.69, 9.17) is 4.74 Å². The van der Waals surface area contributed by atoms with Crippen LogP contribution in [0.4, 0.5) is 10.1 Å². The van der Waals surface area contributed by atoms with Gasteiger partial charge in [0.15, 0.2) is 0 Å². The number of benzene rings is 4. The van der Waals surface area contributed by atoms with Gasteiger partial charge in [-0.15, -0.1) is 0 Å². The third-order valence-corrected chi connectivity index (χ3v) is 8.52. The monoisotopic (exact) mass is 589 g/mol. The van der Waals surface area contributed by atoms with Gasteiger partial charge < -0.3 is 15.0 Å². The molecule has 0 spiro atoms. The maximum atomic E-state index is 14.3. The summed E-state index contributed by atoms with van der Waals surface area (Å²) in [5.74, 6) is -1.25. The molecule has 218 valence electrons. The molecule has 4 rings (SSSR count). The summed E-state index contributed by atoms with van der Waals surface area (Å²) in [6.45, 7) is -0.684. The number of methoxy groups -OCH3 is 1. The molecule has 0 aliphatic rings. The maximum absolute atomic E-state index is 14.3. The minimum Gasteiger partial charge on any atom is -0.495 e. The van der Waals surface area contributed by atoms with Gasteiger partial charge in [0, 0.05) is 20.0 Å². The molecule has 1 atom stereocenters. The van der Waals surface area contributed by atoms with Crippen molar-refractivity contribution in [3.8, 4) is 5.75 Å². The lowest BCUT2D eigenvalue weighted by Crippen LogP contribution is -2.53. The highest BCUT2D eigenvalue weighted by atomic mass is 32.2. The van der Waals surface area contributed by atoms with Crippen LogP contribution in [0, 0.1) is 5.82 Å². The smallest absolute Gasteiger partial charge is 0.264 e. The largest absolute Gasteiger partial charge is 0.495 e. The van der Waals surface area contributed by atoms with E-state index in [1.54, 1.807) is 42.5 Å². The molecule has 1 N–H and O–H groups in total. The molecule has 0 unspecified atom stereocenters. The zero-order valence-electron chi connectivity index (χ0n) is 23.3. The Labute approximate surface area is 245 Å². The molecular formula is C32H32FN3O5S. The first-order valence-corrected chi connectivity index (χ1v) is 14.7. The summed E-state index contributed by atoms with van der Waals surface area (Å²) in [4.78, 5) is 28.8. The molecule has 42 heavy (non-hydrogen) atoms. The first-order valence-electron chi connectivity index (χ1n) is 13.2. The first-order chi connectivity index (χ1) is 20.2. The summed E-state index contributed by atoms with van der Waals surface area (Å²) in [6.07, 6.45) is 0.174. The fraction of sp³-hybridized carbons (Fsp3) is 0.188. The molecule has 4 aromatic carbocycles. The molecule has 0 heterocycles. The molecular weight excluding hydrogens is 557 g/mol. The Balaban J connectivity index is 1.80. The number of ether oxygens (including phenoxy) is 1. The van der Waals surface area contributed by atoms with Crippen molar-refractivity contribution < 1.29 is 27.1 Å². The van der Waals surface area contributed by atoms with E-state index in [9.17, 15) is 22.4 Å². The summed E-state index contributed by atoms with van der Waals surface area (Å²) in [6, 6.07) is 28.1. The van der Waals surface area contributed by atoms with Gasteiger partial charge in [-0.05, 0) is 47.5 Å². The molecule has 10 heteroatoms. The fourth-order valence-corrected chi connectivity index (χ4v) is 6.02. The topological polar surface area (TPSA) is 96.0 Å². The lowest BCUT2D eigenvalue weighted by atomic mass is 10.0. The van der Waals surface area contributed by atoms with Crippen molar-refractivity contribution in [1.29, 1.82) is 0 Å². The van der Waals surface area contributed by atoms with E-state index in [1.165, 1.54) is 55.5 Å². The van der Waals surface area contributed by atoms with Crippen LogP contribution >= 0.6 is 0 Å². The number of hydrogen-bond donors (Lipinski definition) is 1. The van der Waals surface area contributed by atoms with Gasteiger partial charge in [-0.2, -0.15) is 0 Å². The highest BCUT2D eigenvalue weighted by molar-refractivity contribution is 7.92. The molecule has 0 aromatic heterocycles. The van der Waals surface area contributed by atoms with Crippen LogP contribution in [-0.4, -0.2) is 51.9 Å².